The molecule has 0 saturated carbocycles. The Morgan fingerprint density at radius 1 is 1.17 bits per heavy atom. The average molecular weight is 372 g/mol. The van der Waals surface area contributed by atoms with Gasteiger partial charge >= 0.3 is 0 Å². The predicted octanol–water partition coefficient (Wildman–Crippen LogP) is 4.03. The van der Waals surface area contributed by atoms with Gasteiger partial charge in [-0.15, -0.1) is 0 Å². The molecule has 0 saturated heterocycles. The molecule has 0 aliphatic rings. The number of fused-ring (bicyclic) bond motifs is 1. The lowest BCUT2D eigenvalue weighted by molar-refractivity contribution is 0.0993. The summed E-state index contributed by atoms with van der Waals surface area (Å²) in [7, 11) is 1.94. The van der Waals surface area contributed by atoms with Gasteiger partial charge in [-0.2, -0.15) is 0 Å². The normalized spacial score (nSPS) is 12.5. The zero-order valence-electron chi connectivity index (χ0n) is 12.9. The molecule has 0 aliphatic carbocycles. The molecule has 0 fully saturated rings. The first-order chi connectivity index (χ1) is 11.1. The van der Waals surface area contributed by atoms with Crippen molar-refractivity contribution in [3.05, 3.63) is 71.4 Å². The van der Waals surface area contributed by atoms with Crippen molar-refractivity contribution in [2.45, 2.75) is 11.2 Å². The molecule has 3 aromatic rings. The van der Waals surface area contributed by atoms with E-state index in [1.54, 1.807) is 0 Å². The number of ketones is 1. The van der Waals surface area contributed by atoms with E-state index in [2.05, 4.69) is 15.9 Å². The summed E-state index contributed by atoms with van der Waals surface area (Å²) in [5.74, 6) is 0.0444. The van der Waals surface area contributed by atoms with E-state index in [-0.39, 0.29) is 17.2 Å². The molecule has 3 rings (SSSR count). The molecular weight excluding hydrogens is 354 g/mol. The maximum atomic E-state index is 12.9. The van der Waals surface area contributed by atoms with Crippen LogP contribution in [0.2, 0.25) is 0 Å². The van der Waals surface area contributed by atoms with Gasteiger partial charge in [0.15, 0.2) is 5.78 Å². The molecule has 3 nitrogen and oxygen atoms in total. The maximum Gasteiger partial charge on any atom is 0.183 e. The number of aromatic nitrogens is 1. The molecule has 2 aromatic carbocycles. The van der Waals surface area contributed by atoms with E-state index in [0.29, 0.717) is 12.0 Å². The van der Waals surface area contributed by atoms with Gasteiger partial charge in [-0.3, -0.25) is 4.79 Å². The first-order valence-corrected chi connectivity index (χ1v) is 8.46. The molecule has 1 aromatic heterocycles. The third-order valence-corrected chi connectivity index (χ3v) is 5.00. The highest BCUT2D eigenvalue weighted by atomic mass is 79.9. The lowest BCUT2D eigenvalue weighted by Gasteiger charge is -2.08. The molecular formula is C19H18BrNO2. The van der Waals surface area contributed by atoms with Gasteiger partial charge in [-0.25, -0.2) is 0 Å². The van der Waals surface area contributed by atoms with Crippen LogP contribution in [0, 0.1) is 0 Å². The SMILES string of the molecule is Cn1cc(C(=O)C(Br)c2ccccc2)c2cccc(CCO)c21. The Morgan fingerprint density at radius 2 is 1.91 bits per heavy atom. The minimum atomic E-state index is -0.365. The molecule has 23 heavy (non-hydrogen) atoms. The summed E-state index contributed by atoms with van der Waals surface area (Å²) in [6.07, 6.45) is 2.46. The molecule has 118 valence electrons. The standard InChI is InChI=1S/C19H18BrNO2/c1-21-12-16(15-9-5-8-14(10-11-22)18(15)21)19(23)17(20)13-6-3-2-4-7-13/h2-9,12,17,22H,10-11H2,1H3. The third kappa shape index (κ3) is 2.96. The van der Waals surface area contributed by atoms with Gasteiger partial charge in [0.2, 0.25) is 0 Å². The van der Waals surface area contributed by atoms with Crippen molar-refractivity contribution in [1.82, 2.24) is 4.57 Å². The van der Waals surface area contributed by atoms with Crippen LogP contribution in [0.15, 0.2) is 54.7 Å². The van der Waals surface area contributed by atoms with Crippen LogP contribution in [-0.2, 0) is 13.5 Å². The Labute approximate surface area is 143 Å². The number of aryl methyl sites for hydroxylation is 1. The van der Waals surface area contributed by atoms with Crippen molar-refractivity contribution in [3.8, 4) is 0 Å². The second-order valence-electron chi connectivity index (χ2n) is 5.58. The number of benzene rings is 2. The van der Waals surface area contributed by atoms with Crippen LogP contribution in [0.1, 0.15) is 26.3 Å². The Hall–Kier alpha value is -1.91. The number of hydrogen-bond acceptors (Lipinski definition) is 2. The summed E-state index contributed by atoms with van der Waals surface area (Å²) in [6.45, 7) is 0.0959. The van der Waals surface area contributed by atoms with Crippen molar-refractivity contribution < 1.29 is 9.90 Å². The number of halogens is 1. The molecule has 1 heterocycles. The zero-order chi connectivity index (χ0) is 16.4. The number of nitrogens with zero attached hydrogens (tertiary/aromatic N) is 1. The Balaban J connectivity index is 2.07. The summed E-state index contributed by atoms with van der Waals surface area (Å²) in [5.41, 5.74) is 3.71. The van der Waals surface area contributed by atoms with Gasteiger partial charge in [0.25, 0.3) is 0 Å². The highest BCUT2D eigenvalue weighted by Crippen LogP contribution is 2.32. The summed E-state index contributed by atoms with van der Waals surface area (Å²) in [4.78, 5) is 12.6. The van der Waals surface area contributed by atoms with E-state index in [1.807, 2.05) is 66.3 Å². The minimum Gasteiger partial charge on any atom is -0.396 e. The van der Waals surface area contributed by atoms with Crippen LogP contribution in [0.5, 0.6) is 0 Å². The molecule has 0 amide bonds. The second kappa shape index (κ2) is 6.69. The van der Waals surface area contributed by atoms with Gasteiger partial charge in [-0.05, 0) is 17.5 Å². The fourth-order valence-electron chi connectivity index (χ4n) is 2.98. The number of alkyl halides is 1. The lowest BCUT2D eigenvalue weighted by atomic mass is 10.0. The Kier molecular flexibility index (Phi) is 4.64. The van der Waals surface area contributed by atoms with Crippen LogP contribution < -0.4 is 0 Å². The van der Waals surface area contributed by atoms with Gasteiger partial charge < -0.3 is 9.67 Å². The van der Waals surface area contributed by atoms with Crippen LogP contribution in [-0.4, -0.2) is 22.1 Å². The highest BCUT2D eigenvalue weighted by Gasteiger charge is 2.23. The number of aliphatic hydroxyl groups is 1. The molecule has 1 N–H and O–H groups in total. The average Bonchev–Trinajstić information content (AvgIpc) is 2.92. The van der Waals surface area contributed by atoms with Crippen LogP contribution in [0.3, 0.4) is 0 Å². The fourth-order valence-corrected chi connectivity index (χ4v) is 3.53. The van der Waals surface area contributed by atoms with E-state index in [4.69, 9.17) is 0 Å². The largest absolute Gasteiger partial charge is 0.396 e. The number of carbonyl (C=O) groups excluding carboxylic acids is 1. The molecule has 1 unspecified atom stereocenters. The maximum absolute atomic E-state index is 12.9. The molecule has 0 radical (unpaired) electrons. The fraction of sp³-hybridized carbons (Fsp3) is 0.211. The van der Waals surface area contributed by atoms with Crippen molar-refractivity contribution >= 4 is 32.6 Å². The monoisotopic (exact) mass is 371 g/mol. The second-order valence-corrected chi connectivity index (χ2v) is 6.49. The van der Waals surface area contributed by atoms with E-state index >= 15 is 0 Å². The summed E-state index contributed by atoms with van der Waals surface area (Å²) >= 11 is 3.53. The quantitative estimate of drug-likeness (QED) is 0.543. The van der Waals surface area contributed by atoms with Crippen molar-refractivity contribution in [3.63, 3.8) is 0 Å². The van der Waals surface area contributed by atoms with E-state index in [0.717, 1.165) is 22.0 Å². The number of aliphatic hydroxyl groups excluding tert-OH is 1. The van der Waals surface area contributed by atoms with Crippen LogP contribution in [0.25, 0.3) is 10.9 Å². The minimum absolute atomic E-state index is 0.0444. The molecule has 0 spiro atoms. The van der Waals surface area contributed by atoms with Crippen molar-refractivity contribution in [2.75, 3.05) is 6.61 Å². The molecule has 0 bridgehead atoms. The first kappa shape index (κ1) is 16.0. The van der Waals surface area contributed by atoms with E-state index in [1.165, 1.54) is 0 Å². The van der Waals surface area contributed by atoms with Crippen molar-refractivity contribution in [1.29, 1.82) is 0 Å². The van der Waals surface area contributed by atoms with Crippen LogP contribution >= 0.6 is 15.9 Å². The number of rotatable bonds is 5. The molecule has 0 aliphatic heterocycles. The summed E-state index contributed by atoms with van der Waals surface area (Å²) in [5, 5.41) is 10.2. The Bertz CT molecular complexity index is 839. The van der Waals surface area contributed by atoms with Crippen LogP contribution in [0.4, 0.5) is 0 Å². The van der Waals surface area contributed by atoms with Gasteiger partial charge in [0, 0.05) is 30.8 Å². The van der Waals surface area contributed by atoms with E-state index < -0.39 is 0 Å². The van der Waals surface area contributed by atoms with Gasteiger partial charge in [0.05, 0.1) is 5.52 Å². The number of Topliss-reactive ketones (excluding diaryl/α,β-unsaturated/α-hetero) is 1. The van der Waals surface area contributed by atoms with Crippen molar-refractivity contribution in [2.24, 2.45) is 7.05 Å². The van der Waals surface area contributed by atoms with Gasteiger partial charge in [0.1, 0.15) is 4.83 Å². The topological polar surface area (TPSA) is 42.2 Å². The lowest BCUT2D eigenvalue weighted by Crippen LogP contribution is -2.06. The third-order valence-electron chi connectivity index (χ3n) is 4.05. The first-order valence-electron chi connectivity index (χ1n) is 7.54. The zero-order valence-corrected chi connectivity index (χ0v) is 14.5. The molecule has 1 atom stereocenters. The smallest absolute Gasteiger partial charge is 0.183 e. The number of carbonyl (C=O) groups is 1. The van der Waals surface area contributed by atoms with E-state index in [9.17, 15) is 9.90 Å². The number of hydrogen-bond donors (Lipinski definition) is 1. The summed E-state index contributed by atoms with van der Waals surface area (Å²) < 4.78 is 1.97. The highest BCUT2D eigenvalue weighted by molar-refractivity contribution is 9.09. The molecule has 4 heteroatoms. The van der Waals surface area contributed by atoms with Gasteiger partial charge in [-0.1, -0.05) is 64.5 Å². The predicted molar refractivity (Wildman–Crippen MR) is 96.1 cm³/mol. The summed E-state index contributed by atoms with van der Waals surface area (Å²) in [6, 6.07) is 15.6. The number of para-hydroxylation sites is 1. The Morgan fingerprint density at radius 3 is 2.61 bits per heavy atom.